The SMILES string of the molecule is CCCCCCCOc1ccc(-c2cnc(-c3ccc(CC(NC(=O)c4ccc(C(C)(C)C)s4)C(=O)[C@@H]4CCN4C(=O)O)cc3)nc2)cc1. The third-order valence-electron chi connectivity index (χ3n) is 8.82. The van der Waals surface area contributed by atoms with Crippen LogP contribution in [0.3, 0.4) is 0 Å². The number of nitrogens with zero attached hydrogens (tertiary/aromatic N) is 3. The molecule has 5 rings (SSSR count). The summed E-state index contributed by atoms with van der Waals surface area (Å²) in [4.78, 5) is 50.4. The smallest absolute Gasteiger partial charge is 0.407 e. The highest BCUT2D eigenvalue weighted by molar-refractivity contribution is 7.14. The predicted octanol–water partition coefficient (Wildman–Crippen LogP) is 8.18. The van der Waals surface area contributed by atoms with E-state index in [9.17, 15) is 19.5 Å². The zero-order chi connectivity index (χ0) is 35.0. The summed E-state index contributed by atoms with van der Waals surface area (Å²) in [6.07, 6.45) is 9.15. The number of unbranched alkanes of at least 4 members (excludes halogenated alkanes) is 4. The van der Waals surface area contributed by atoms with Crippen molar-refractivity contribution in [2.45, 2.75) is 90.1 Å². The largest absolute Gasteiger partial charge is 0.494 e. The maximum atomic E-state index is 13.6. The lowest BCUT2D eigenvalue weighted by Gasteiger charge is -2.39. The molecule has 9 nitrogen and oxygen atoms in total. The van der Waals surface area contributed by atoms with Crippen LogP contribution in [0.2, 0.25) is 0 Å². The summed E-state index contributed by atoms with van der Waals surface area (Å²) >= 11 is 1.40. The first-order valence-electron chi connectivity index (χ1n) is 17.1. The number of ether oxygens (including phenoxy) is 1. The Kier molecular flexibility index (Phi) is 11.8. The predicted molar refractivity (Wildman–Crippen MR) is 193 cm³/mol. The molecule has 258 valence electrons. The van der Waals surface area contributed by atoms with Gasteiger partial charge in [0, 0.05) is 34.9 Å². The fraction of sp³-hybridized carbons (Fsp3) is 0.410. The van der Waals surface area contributed by atoms with Crippen molar-refractivity contribution >= 4 is 29.1 Å². The number of carbonyl (C=O) groups is 3. The van der Waals surface area contributed by atoms with E-state index in [-0.39, 0.29) is 23.5 Å². The molecule has 0 radical (unpaired) electrons. The van der Waals surface area contributed by atoms with E-state index in [0.29, 0.717) is 23.7 Å². The number of amides is 2. The van der Waals surface area contributed by atoms with Crippen molar-refractivity contribution < 1.29 is 24.2 Å². The van der Waals surface area contributed by atoms with Gasteiger partial charge in [0.05, 0.1) is 23.6 Å². The van der Waals surface area contributed by atoms with Gasteiger partial charge >= 0.3 is 6.09 Å². The van der Waals surface area contributed by atoms with Crippen LogP contribution in [0.5, 0.6) is 5.75 Å². The minimum atomic E-state index is -1.13. The highest BCUT2D eigenvalue weighted by atomic mass is 32.1. The minimum Gasteiger partial charge on any atom is -0.494 e. The number of Topliss-reactive ketones (excluding diaryl/α,β-unsaturated/α-hetero) is 1. The topological polar surface area (TPSA) is 122 Å². The Balaban J connectivity index is 1.23. The number of hydrogen-bond acceptors (Lipinski definition) is 7. The Morgan fingerprint density at radius 1 is 0.918 bits per heavy atom. The van der Waals surface area contributed by atoms with Gasteiger partial charge in [0.2, 0.25) is 0 Å². The molecule has 10 heteroatoms. The Hall–Kier alpha value is -4.57. The summed E-state index contributed by atoms with van der Waals surface area (Å²) in [5, 5.41) is 12.4. The number of aromatic nitrogens is 2. The lowest BCUT2D eigenvalue weighted by Crippen LogP contribution is -2.60. The van der Waals surface area contributed by atoms with Crippen molar-refractivity contribution in [1.29, 1.82) is 0 Å². The third kappa shape index (κ3) is 9.32. The van der Waals surface area contributed by atoms with Crippen molar-refractivity contribution in [2.75, 3.05) is 13.2 Å². The number of carbonyl (C=O) groups excluding carboxylic acids is 2. The number of rotatable bonds is 15. The van der Waals surface area contributed by atoms with Crippen molar-refractivity contribution in [2.24, 2.45) is 0 Å². The minimum absolute atomic E-state index is 0.105. The molecule has 0 saturated carbocycles. The van der Waals surface area contributed by atoms with Crippen LogP contribution in [-0.4, -0.2) is 63.0 Å². The van der Waals surface area contributed by atoms with Crippen molar-refractivity contribution in [1.82, 2.24) is 20.2 Å². The highest BCUT2D eigenvalue weighted by Gasteiger charge is 2.41. The van der Waals surface area contributed by atoms with Gasteiger partial charge in [-0.1, -0.05) is 89.8 Å². The molecule has 2 atom stereocenters. The Morgan fingerprint density at radius 2 is 1.59 bits per heavy atom. The molecular weight excluding hydrogens is 637 g/mol. The summed E-state index contributed by atoms with van der Waals surface area (Å²) < 4.78 is 5.89. The van der Waals surface area contributed by atoms with Gasteiger partial charge in [-0.25, -0.2) is 14.8 Å². The third-order valence-corrected chi connectivity index (χ3v) is 10.3. The molecule has 2 amide bonds. The molecule has 0 bridgehead atoms. The van der Waals surface area contributed by atoms with Crippen molar-refractivity contribution in [3.8, 4) is 28.3 Å². The number of carboxylic acid groups (broad SMARTS) is 1. The van der Waals surface area contributed by atoms with Crippen LogP contribution >= 0.6 is 11.3 Å². The summed E-state index contributed by atoms with van der Waals surface area (Å²) in [6, 6.07) is 17.6. The molecule has 1 aliphatic heterocycles. The zero-order valence-corrected chi connectivity index (χ0v) is 29.6. The number of thiophene rings is 1. The summed E-state index contributed by atoms with van der Waals surface area (Å²) in [5.74, 6) is 0.774. The van der Waals surface area contributed by atoms with Crippen LogP contribution in [0.25, 0.3) is 22.5 Å². The van der Waals surface area contributed by atoms with Crippen LogP contribution in [0.1, 0.15) is 86.3 Å². The molecule has 49 heavy (non-hydrogen) atoms. The number of benzene rings is 2. The number of ketones is 1. The second kappa shape index (κ2) is 16.2. The van der Waals surface area contributed by atoms with Gasteiger partial charge in [0.1, 0.15) is 5.75 Å². The molecule has 1 unspecified atom stereocenters. The van der Waals surface area contributed by atoms with Crippen LogP contribution in [0.15, 0.2) is 73.1 Å². The van der Waals surface area contributed by atoms with Crippen LogP contribution in [-0.2, 0) is 16.6 Å². The monoisotopic (exact) mass is 682 g/mol. The zero-order valence-electron chi connectivity index (χ0n) is 28.8. The second-order valence-electron chi connectivity index (χ2n) is 13.6. The van der Waals surface area contributed by atoms with Crippen molar-refractivity contribution in [3.05, 3.63) is 88.4 Å². The fourth-order valence-corrected chi connectivity index (χ4v) is 6.72. The Bertz CT molecular complexity index is 1710. The molecule has 4 aromatic rings. The second-order valence-corrected chi connectivity index (χ2v) is 14.7. The van der Waals surface area contributed by atoms with E-state index >= 15 is 0 Å². The van der Waals surface area contributed by atoms with Gasteiger partial charge in [0.15, 0.2) is 11.6 Å². The molecule has 3 heterocycles. The van der Waals surface area contributed by atoms with Crippen LogP contribution < -0.4 is 10.1 Å². The normalized spacial score (nSPS) is 14.9. The standard InChI is InChI=1S/C39H46N4O5S/c1-5-6-7-8-9-22-48-30-16-14-27(15-17-30)29-24-40-36(41-25-29)28-12-10-26(11-13-28)23-31(35(44)32-20-21-43(32)38(46)47)42-37(45)33-18-19-34(49-33)39(2,3)4/h10-19,24-25,31-32H,5-9,20-23H2,1-4H3,(H,42,45)(H,46,47)/t31?,32-/m0/s1. The van der Waals surface area contributed by atoms with Gasteiger partial charge in [-0.05, 0) is 60.1 Å². The van der Waals surface area contributed by atoms with E-state index in [1.165, 1.54) is 37.0 Å². The molecule has 0 aliphatic carbocycles. The first kappa shape index (κ1) is 35.7. The first-order chi connectivity index (χ1) is 23.5. The molecule has 2 aromatic heterocycles. The van der Waals surface area contributed by atoms with Crippen LogP contribution in [0, 0.1) is 0 Å². The lowest BCUT2D eigenvalue weighted by molar-refractivity contribution is -0.129. The fourth-order valence-electron chi connectivity index (χ4n) is 5.75. The van der Waals surface area contributed by atoms with Crippen LogP contribution in [0.4, 0.5) is 4.79 Å². The summed E-state index contributed by atoms with van der Waals surface area (Å²) in [7, 11) is 0. The highest BCUT2D eigenvalue weighted by Crippen LogP contribution is 2.30. The van der Waals surface area contributed by atoms with E-state index in [4.69, 9.17) is 4.74 Å². The van der Waals surface area contributed by atoms with Gasteiger partial charge in [-0.3, -0.25) is 14.5 Å². The van der Waals surface area contributed by atoms with E-state index in [0.717, 1.165) is 50.8 Å². The molecule has 2 aromatic carbocycles. The lowest BCUT2D eigenvalue weighted by atomic mass is 9.90. The van der Waals surface area contributed by atoms with Gasteiger partial charge in [0.25, 0.3) is 5.91 Å². The molecule has 2 N–H and O–H groups in total. The van der Waals surface area contributed by atoms with E-state index in [2.05, 4.69) is 43.0 Å². The maximum Gasteiger partial charge on any atom is 0.407 e. The average Bonchev–Trinajstić information content (AvgIpc) is 3.58. The number of likely N-dealkylation sites (tertiary alicyclic amines) is 1. The molecule has 1 aliphatic rings. The maximum absolute atomic E-state index is 13.6. The van der Waals surface area contributed by atoms with Crippen molar-refractivity contribution in [3.63, 3.8) is 0 Å². The first-order valence-corrected chi connectivity index (χ1v) is 17.9. The Morgan fingerprint density at radius 3 is 2.18 bits per heavy atom. The van der Waals surface area contributed by atoms with E-state index in [1.807, 2.05) is 54.6 Å². The number of nitrogens with one attached hydrogen (secondary N) is 1. The van der Waals surface area contributed by atoms with E-state index in [1.54, 1.807) is 18.5 Å². The van der Waals surface area contributed by atoms with Gasteiger partial charge in [-0.15, -0.1) is 11.3 Å². The van der Waals surface area contributed by atoms with E-state index < -0.39 is 18.2 Å². The summed E-state index contributed by atoms with van der Waals surface area (Å²) in [5.41, 5.74) is 3.43. The Labute approximate surface area is 292 Å². The molecular formula is C39H46N4O5S. The van der Waals surface area contributed by atoms with Gasteiger partial charge in [-0.2, -0.15) is 0 Å². The number of hydrogen-bond donors (Lipinski definition) is 2. The van der Waals surface area contributed by atoms with Gasteiger partial charge < -0.3 is 15.2 Å². The molecule has 1 saturated heterocycles. The average molecular weight is 683 g/mol. The summed E-state index contributed by atoms with van der Waals surface area (Å²) in [6.45, 7) is 9.49. The quantitative estimate of drug-likeness (QED) is 0.121. The molecule has 0 spiro atoms. The molecule has 1 fully saturated rings.